The first-order valence-electron chi connectivity index (χ1n) is 7.60. The average molecular weight is 279 g/mol. The molecular formula is C15H25N3S. The summed E-state index contributed by atoms with van der Waals surface area (Å²) in [5.74, 6) is 1.95. The second-order valence-electron chi connectivity index (χ2n) is 5.17. The third-order valence-corrected chi connectivity index (χ3v) is 4.72. The van der Waals surface area contributed by atoms with E-state index >= 15 is 0 Å². The molecule has 1 aromatic rings. The molecule has 0 spiro atoms. The Morgan fingerprint density at radius 1 is 1.21 bits per heavy atom. The van der Waals surface area contributed by atoms with Gasteiger partial charge in [-0.15, -0.1) is 11.8 Å². The van der Waals surface area contributed by atoms with Crippen LogP contribution < -0.4 is 5.32 Å². The van der Waals surface area contributed by atoms with E-state index in [1.165, 1.54) is 32.1 Å². The van der Waals surface area contributed by atoms with E-state index in [-0.39, 0.29) is 0 Å². The molecule has 19 heavy (non-hydrogen) atoms. The Bertz CT molecular complexity index is 389. The average Bonchev–Trinajstić information content (AvgIpc) is 2.46. The quantitative estimate of drug-likeness (QED) is 0.788. The van der Waals surface area contributed by atoms with E-state index in [2.05, 4.69) is 35.2 Å². The Kier molecular flexibility index (Phi) is 5.95. The minimum atomic E-state index is 0.757. The van der Waals surface area contributed by atoms with Crippen molar-refractivity contribution in [1.29, 1.82) is 0 Å². The van der Waals surface area contributed by atoms with E-state index < -0.39 is 0 Å². The van der Waals surface area contributed by atoms with Crippen molar-refractivity contribution in [3.05, 3.63) is 11.9 Å². The second kappa shape index (κ2) is 7.73. The molecule has 1 aliphatic carbocycles. The Labute approximate surface area is 121 Å². The van der Waals surface area contributed by atoms with Crippen molar-refractivity contribution < 1.29 is 0 Å². The molecule has 106 valence electrons. The molecule has 1 aromatic heterocycles. The second-order valence-corrected chi connectivity index (χ2v) is 6.49. The van der Waals surface area contributed by atoms with Gasteiger partial charge in [0.05, 0.1) is 0 Å². The van der Waals surface area contributed by atoms with Gasteiger partial charge >= 0.3 is 0 Å². The highest BCUT2D eigenvalue weighted by Gasteiger charge is 2.16. The molecule has 2 rings (SSSR count). The molecule has 1 N–H and O–H groups in total. The minimum absolute atomic E-state index is 0.757. The molecule has 1 aliphatic rings. The summed E-state index contributed by atoms with van der Waals surface area (Å²) in [7, 11) is 0. The van der Waals surface area contributed by atoms with E-state index in [1.54, 1.807) is 0 Å². The molecule has 0 atom stereocenters. The SMILES string of the molecule is CCCNc1cc(SC2CCCCC2)nc(CC)n1. The Morgan fingerprint density at radius 3 is 2.68 bits per heavy atom. The van der Waals surface area contributed by atoms with Crippen LogP contribution in [0.3, 0.4) is 0 Å². The van der Waals surface area contributed by atoms with Crippen molar-refractivity contribution in [2.24, 2.45) is 0 Å². The van der Waals surface area contributed by atoms with Gasteiger partial charge in [0.1, 0.15) is 16.7 Å². The molecule has 0 aliphatic heterocycles. The van der Waals surface area contributed by atoms with Crippen molar-refractivity contribution in [1.82, 2.24) is 9.97 Å². The fourth-order valence-electron chi connectivity index (χ4n) is 2.39. The lowest BCUT2D eigenvalue weighted by Gasteiger charge is -2.20. The van der Waals surface area contributed by atoms with Gasteiger partial charge < -0.3 is 5.32 Å². The molecule has 3 nitrogen and oxygen atoms in total. The van der Waals surface area contributed by atoms with Crippen LogP contribution in [0.5, 0.6) is 0 Å². The summed E-state index contributed by atoms with van der Waals surface area (Å²) in [5, 5.41) is 5.29. The van der Waals surface area contributed by atoms with Crippen molar-refractivity contribution in [3.63, 3.8) is 0 Å². The summed E-state index contributed by atoms with van der Waals surface area (Å²) in [4.78, 5) is 9.21. The molecule has 0 radical (unpaired) electrons. The van der Waals surface area contributed by atoms with Gasteiger partial charge in [0, 0.05) is 24.3 Å². The number of nitrogens with zero attached hydrogens (tertiary/aromatic N) is 2. The van der Waals surface area contributed by atoms with E-state index in [0.717, 1.165) is 41.3 Å². The summed E-state index contributed by atoms with van der Waals surface area (Å²) < 4.78 is 0. The van der Waals surface area contributed by atoms with Crippen molar-refractivity contribution in [2.45, 2.75) is 69.1 Å². The first kappa shape index (κ1) is 14.6. The highest BCUT2D eigenvalue weighted by atomic mass is 32.2. The lowest BCUT2D eigenvalue weighted by molar-refractivity contribution is 0.515. The fourth-order valence-corrected chi connectivity index (χ4v) is 3.64. The monoisotopic (exact) mass is 279 g/mol. The number of aryl methyl sites for hydroxylation is 1. The predicted octanol–water partition coefficient (Wildman–Crippen LogP) is 4.29. The van der Waals surface area contributed by atoms with Gasteiger partial charge in [-0.05, 0) is 19.3 Å². The van der Waals surface area contributed by atoms with Gasteiger partial charge in [-0.2, -0.15) is 0 Å². The largest absolute Gasteiger partial charge is 0.370 e. The summed E-state index contributed by atoms with van der Waals surface area (Å²) in [6.07, 6.45) is 8.87. The van der Waals surface area contributed by atoms with Crippen LogP contribution in [-0.2, 0) is 6.42 Å². The smallest absolute Gasteiger partial charge is 0.131 e. The molecule has 1 heterocycles. The topological polar surface area (TPSA) is 37.8 Å². The minimum Gasteiger partial charge on any atom is -0.370 e. The van der Waals surface area contributed by atoms with Crippen LogP contribution in [0, 0.1) is 0 Å². The van der Waals surface area contributed by atoms with Crippen LogP contribution in [0.15, 0.2) is 11.1 Å². The molecule has 0 saturated heterocycles. The summed E-state index contributed by atoms with van der Waals surface area (Å²) in [5.41, 5.74) is 0. The number of aromatic nitrogens is 2. The van der Waals surface area contributed by atoms with E-state index in [4.69, 9.17) is 0 Å². The molecule has 0 amide bonds. The van der Waals surface area contributed by atoms with Crippen LogP contribution in [-0.4, -0.2) is 21.8 Å². The molecule has 1 fully saturated rings. The van der Waals surface area contributed by atoms with Crippen molar-refractivity contribution in [3.8, 4) is 0 Å². The highest BCUT2D eigenvalue weighted by molar-refractivity contribution is 7.99. The van der Waals surface area contributed by atoms with E-state index in [9.17, 15) is 0 Å². The summed E-state index contributed by atoms with van der Waals surface area (Å²) in [6, 6.07) is 2.12. The highest BCUT2D eigenvalue weighted by Crippen LogP contribution is 2.33. The maximum absolute atomic E-state index is 4.67. The van der Waals surface area contributed by atoms with Gasteiger partial charge in [-0.1, -0.05) is 33.1 Å². The molecule has 0 unspecified atom stereocenters. The van der Waals surface area contributed by atoms with Gasteiger partial charge in [-0.25, -0.2) is 9.97 Å². The Morgan fingerprint density at radius 2 is 2.00 bits per heavy atom. The summed E-state index contributed by atoms with van der Waals surface area (Å²) >= 11 is 1.95. The standard InChI is InChI=1S/C15H25N3S/c1-3-10-16-14-11-15(18-13(4-2)17-14)19-12-8-6-5-7-9-12/h11-12H,3-10H2,1-2H3,(H,16,17,18). The maximum atomic E-state index is 4.67. The van der Waals surface area contributed by atoms with Gasteiger partial charge in [0.25, 0.3) is 0 Å². The number of thioether (sulfide) groups is 1. The third-order valence-electron chi connectivity index (χ3n) is 3.46. The first-order valence-corrected chi connectivity index (χ1v) is 8.48. The van der Waals surface area contributed by atoms with Crippen LogP contribution in [0.2, 0.25) is 0 Å². The number of rotatable bonds is 6. The first-order chi connectivity index (χ1) is 9.31. The van der Waals surface area contributed by atoms with Crippen LogP contribution in [0.25, 0.3) is 0 Å². The maximum Gasteiger partial charge on any atom is 0.131 e. The van der Waals surface area contributed by atoms with Gasteiger partial charge in [-0.3, -0.25) is 0 Å². The summed E-state index contributed by atoms with van der Waals surface area (Å²) in [6.45, 7) is 5.27. The van der Waals surface area contributed by atoms with Crippen LogP contribution >= 0.6 is 11.8 Å². The van der Waals surface area contributed by atoms with Crippen molar-refractivity contribution in [2.75, 3.05) is 11.9 Å². The molecule has 0 bridgehead atoms. The lowest BCUT2D eigenvalue weighted by atomic mass is 10.0. The molecule has 1 saturated carbocycles. The van der Waals surface area contributed by atoms with Gasteiger partial charge in [0.15, 0.2) is 0 Å². The number of nitrogens with one attached hydrogen (secondary N) is 1. The molecular weight excluding hydrogens is 254 g/mol. The predicted molar refractivity (Wildman–Crippen MR) is 82.9 cm³/mol. The lowest BCUT2D eigenvalue weighted by Crippen LogP contribution is -2.10. The zero-order valence-corrected chi connectivity index (χ0v) is 12.9. The van der Waals surface area contributed by atoms with E-state index in [1.807, 2.05) is 11.8 Å². The van der Waals surface area contributed by atoms with Crippen LogP contribution in [0.1, 0.15) is 58.2 Å². The Hall–Kier alpha value is -0.770. The normalized spacial score (nSPS) is 16.5. The number of anilines is 1. The molecule has 4 heteroatoms. The number of hydrogen-bond acceptors (Lipinski definition) is 4. The fraction of sp³-hybridized carbons (Fsp3) is 0.733. The zero-order valence-electron chi connectivity index (χ0n) is 12.1. The molecule has 0 aromatic carbocycles. The zero-order chi connectivity index (χ0) is 13.5. The van der Waals surface area contributed by atoms with E-state index in [0.29, 0.717) is 0 Å². The Balaban J connectivity index is 2.04. The van der Waals surface area contributed by atoms with Crippen molar-refractivity contribution >= 4 is 17.6 Å². The third kappa shape index (κ3) is 4.68. The number of hydrogen-bond donors (Lipinski definition) is 1. The van der Waals surface area contributed by atoms with Gasteiger partial charge in [0.2, 0.25) is 0 Å². The van der Waals surface area contributed by atoms with Crippen LogP contribution in [0.4, 0.5) is 5.82 Å².